The molecule has 2 aromatic rings. The third-order valence-electron chi connectivity index (χ3n) is 5.18. The fourth-order valence-corrected chi connectivity index (χ4v) is 4.00. The first-order valence-electron chi connectivity index (χ1n) is 10.2. The zero-order valence-electron chi connectivity index (χ0n) is 17.8. The summed E-state index contributed by atoms with van der Waals surface area (Å²) >= 11 is 6.04. The third-order valence-corrected chi connectivity index (χ3v) is 5.43. The van der Waals surface area contributed by atoms with E-state index < -0.39 is 0 Å². The van der Waals surface area contributed by atoms with Crippen LogP contribution in [0.5, 0.6) is 0 Å². The summed E-state index contributed by atoms with van der Waals surface area (Å²) in [5, 5.41) is 5.19. The molecule has 31 heavy (non-hydrogen) atoms. The highest BCUT2D eigenvalue weighted by Crippen LogP contribution is 2.35. The number of benzene rings is 1. The van der Waals surface area contributed by atoms with Gasteiger partial charge in [-0.05, 0) is 67.7 Å². The number of nitrogens with one attached hydrogen (secondary N) is 1. The lowest BCUT2D eigenvalue weighted by Gasteiger charge is -2.31. The zero-order valence-corrected chi connectivity index (χ0v) is 19.3. The van der Waals surface area contributed by atoms with Crippen molar-refractivity contribution in [3.63, 3.8) is 0 Å². The molecule has 0 radical (unpaired) electrons. The Kier molecular flexibility index (Phi) is 8.07. The molecule has 0 bridgehead atoms. The number of ether oxygens (including phenoxy) is 1. The first kappa shape index (κ1) is 23.3. The van der Waals surface area contributed by atoms with Gasteiger partial charge < -0.3 is 9.64 Å². The number of halogens is 2. The number of aromatic nitrogens is 2. The summed E-state index contributed by atoms with van der Waals surface area (Å²) in [4.78, 5) is 11.2. The topological polar surface area (TPSA) is 62.6 Å². The Morgan fingerprint density at radius 1 is 1.06 bits per heavy atom. The highest BCUT2D eigenvalue weighted by molar-refractivity contribution is 6.30. The minimum absolute atomic E-state index is 0. The average Bonchev–Trinajstić information content (AvgIpc) is 3.12. The molecule has 1 aromatic carbocycles. The van der Waals surface area contributed by atoms with E-state index in [2.05, 4.69) is 43.6 Å². The van der Waals surface area contributed by atoms with E-state index >= 15 is 0 Å². The molecule has 1 N–H and O–H groups in total. The van der Waals surface area contributed by atoms with Gasteiger partial charge in [-0.25, -0.2) is 15.4 Å². The third kappa shape index (κ3) is 6.06. The van der Waals surface area contributed by atoms with E-state index in [1.165, 1.54) is 16.8 Å². The van der Waals surface area contributed by atoms with Crippen LogP contribution in [0.3, 0.4) is 0 Å². The van der Waals surface area contributed by atoms with Crippen molar-refractivity contribution in [1.29, 1.82) is 0 Å². The van der Waals surface area contributed by atoms with Crippen LogP contribution in [0.15, 0.2) is 52.3 Å². The van der Waals surface area contributed by atoms with Crippen LogP contribution in [0.2, 0.25) is 5.02 Å². The Hall–Kier alpha value is -2.41. The highest BCUT2D eigenvalue weighted by Gasteiger charge is 2.25. The largest absolute Gasteiger partial charge is 0.378 e. The zero-order chi connectivity index (χ0) is 20.9. The van der Waals surface area contributed by atoms with E-state index in [9.17, 15) is 0 Å². The number of morpholine rings is 1. The van der Waals surface area contributed by atoms with E-state index in [1.807, 2.05) is 38.3 Å². The monoisotopic (exact) mass is 459 g/mol. The number of nitrogens with zero attached hydrogens (tertiary/aromatic N) is 4. The summed E-state index contributed by atoms with van der Waals surface area (Å²) < 4.78 is 5.56. The van der Waals surface area contributed by atoms with E-state index in [4.69, 9.17) is 16.3 Å². The SMILES string of the molecule is Cc1cc(C)nc(NN=CC2=C(N3CCOCC3)/C(=C/c3ccc(Cl)cc3)CC2)n1.Cl. The van der Waals surface area contributed by atoms with Crippen molar-refractivity contribution in [2.45, 2.75) is 26.7 Å². The molecule has 0 unspecified atom stereocenters. The van der Waals surface area contributed by atoms with Crippen LogP contribution in [-0.2, 0) is 4.74 Å². The Morgan fingerprint density at radius 2 is 1.74 bits per heavy atom. The summed E-state index contributed by atoms with van der Waals surface area (Å²) in [6, 6.07) is 9.90. The predicted octanol–water partition coefficient (Wildman–Crippen LogP) is 5.03. The van der Waals surface area contributed by atoms with Gasteiger partial charge in [0, 0.05) is 35.2 Å². The Morgan fingerprint density at radius 3 is 2.42 bits per heavy atom. The summed E-state index contributed by atoms with van der Waals surface area (Å²) in [5.74, 6) is 0.521. The number of hydrogen-bond donors (Lipinski definition) is 1. The molecule has 0 saturated carbocycles. The van der Waals surface area contributed by atoms with Gasteiger partial charge in [-0.1, -0.05) is 23.7 Å². The van der Waals surface area contributed by atoms with Gasteiger partial charge in [-0.15, -0.1) is 12.4 Å². The number of hydrogen-bond acceptors (Lipinski definition) is 6. The van der Waals surface area contributed by atoms with Gasteiger partial charge in [0.05, 0.1) is 19.4 Å². The van der Waals surface area contributed by atoms with Crippen LogP contribution in [0, 0.1) is 13.8 Å². The van der Waals surface area contributed by atoms with Crippen LogP contribution in [0.1, 0.15) is 29.8 Å². The number of anilines is 1. The van der Waals surface area contributed by atoms with E-state index in [-0.39, 0.29) is 12.4 Å². The maximum atomic E-state index is 6.04. The quantitative estimate of drug-likeness (QED) is 0.501. The molecular weight excluding hydrogens is 433 g/mol. The molecule has 6 nitrogen and oxygen atoms in total. The van der Waals surface area contributed by atoms with Crippen LogP contribution in [0.25, 0.3) is 6.08 Å². The predicted molar refractivity (Wildman–Crippen MR) is 129 cm³/mol. The lowest BCUT2D eigenvalue weighted by atomic mass is 10.1. The molecule has 4 rings (SSSR count). The molecule has 1 aliphatic carbocycles. The van der Waals surface area contributed by atoms with E-state index in [0.717, 1.165) is 61.1 Å². The standard InChI is InChI=1S/C23H26ClN5O.ClH/c1-16-13-17(2)27-23(26-16)28-25-15-20-6-5-19(14-18-3-7-21(24)8-4-18)22(20)29-9-11-30-12-10-29;/h3-4,7-8,13-15H,5-6,9-12H2,1-2H3,(H,26,27,28);1H/b19-14+,25-15?;. The Labute approximate surface area is 194 Å². The summed E-state index contributed by atoms with van der Waals surface area (Å²) in [5.41, 5.74) is 9.78. The van der Waals surface area contributed by atoms with Crippen molar-refractivity contribution in [2.75, 3.05) is 31.7 Å². The number of allylic oxidation sites excluding steroid dienone is 2. The van der Waals surface area contributed by atoms with Gasteiger partial charge in [-0.3, -0.25) is 0 Å². The fraction of sp³-hybridized carbons (Fsp3) is 0.348. The van der Waals surface area contributed by atoms with Crippen LogP contribution in [-0.4, -0.2) is 47.4 Å². The molecule has 164 valence electrons. The van der Waals surface area contributed by atoms with Gasteiger partial charge in [0.2, 0.25) is 5.95 Å². The van der Waals surface area contributed by atoms with Crippen molar-refractivity contribution in [2.24, 2.45) is 5.10 Å². The van der Waals surface area contributed by atoms with Gasteiger partial charge in [-0.2, -0.15) is 5.10 Å². The van der Waals surface area contributed by atoms with Gasteiger partial charge in [0.25, 0.3) is 0 Å². The highest BCUT2D eigenvalue weighted by atomic mass is 35.5. The van der Waals surface area contributed by atoms with Gasteiger partial charge in [0.1, 0.15) is 0 Å². The maximum absolute atomic E-state index is 6.04. The molecular formula is C23H27Cl2N5O. The number of hydrazone groups is 1. The molecule has 0 atom stereocenters. The molecule has 1 aromatic heterocycles. The number of rotatable bonds is 5. The molecule has 0 amide bonds. The first-order chi connectivity index (χ1) is 14.6. The molecule has 0 spiro atoms. The average molecular weight is 460 g/mol. The molecule has 8 heteroatoms. The van der Waals surface area contributed by atoms with Crippen LogP contribution >= 0.6 is 24.0 Å². The van der Waals surface area contributed by atoms with Crippen molar-refractivity contribution >= 4 is 42.2 Å². The Bertz CT molecular complexity index is 975. The maximum Gasteiger partial charge on any atom is 0.243 e. The second-order valence-corrected chi connectivity index (χ2v) is 7.98. The van der Waals surface area contributed by atoms with Gasteiger partial charge in [0.15, 0.2) is 0 Å². The molecule has 1 aliphatic heterocycles. The Balaban J connectivity index is 0.00000272. The molecule has 1 fully saturated rings. The second-order valence-electron chi connectivity index (χ2n) is 7.54. The molecule has 2 heterocycles. The summed E-state index contributed by atoms with van der Waals surface area (Å²) in [6.45, 7) is 7.17. The summed E-state index contributed by atoms with van der Waals surface area (Å²) in [6.07, 6.45) is 6.10. The summed E-state index contributed by atoms with van der Waals surface area (Å²) in [7, 11) is 0. The second kappa shape index (κ2) is 10.8. The van der Waals surface area contributed by atoms with Crippen LogP contribution in [0.4, 0.5) is 5.95 Å². The van der Waals surface area contributed by atoms with Crippen molar-refractivity contribution < 1.29 is 4.74 Å². The fourth-order valence-electron chi connectivity index (χ4n) is 3.88. The lowest BCUT2D eigenvalue weighted by Crippen LogP contribution is -2.36. The van der Waals surface area contributed by atoms with Crippen molar-refractivity contribution in [3.8, 4) is 0 Å². The van der Waals surface area contributed by atoms with Crippen LogP contribution < -0.4 is 5.43 Å². The lowest BCUT2D eigenvalue weighted by molar-refractivity contribution is 0.0548. The minimum Gasteiger partial charge on any atom is -0.378 e. The first-order valence-corrected chi connectivity index (χ1v) is 10.6. The van der Waals surface area contributed by atoms with Crippen molar-refractivity contribution in [3.05, 3.63) is 69.1 Å². The minimum atomic E-state index is 0. The van der Waals surface area contributed by atoms with Crippen molar-refractivity contribution in [1.82, 2.24) is 14.9 Å². The van der Waals surface area contributed by atoms with Gasteiger partial charge >= 0.3 is 0 Å². The normalized spacial score (nSPS) is 18.0. The smallest absolute Gasteiger partial charge is 0.243 e. The number of aryl methyl sites for hydroxylation is 2. The molecule has 1 saturated heterocycles. The molecule has 2 aliphatic rings. The van der Waals surface area contributed by atoms with E-state index in [1.54, 1.807) is 0 Å². The van der Waals surface area contributed by atoms with E-state index in [0.29, 0.717) is 5.95 Å².